The molecular formula is C21H22O4. The fraction of sp³-hybridized carbons (Fsp3) is 0.190. The lowest BCUT2D eigenvalue weighted by Crippen LogP contribution is -1.99. The summed E-state index contributed by atoms with van der Waals surface area (Å²) >= 11 is 0. The van der Waals surface area contributed by atoms with Gasteiger partial charge in [-0.3, -0.25) is 4.79 Å². The quantitative estimate of drug-likeness (QED) is 0.426. The highest BCUT2D eigenvalue weighted by Crippen LogP contribution is 2.28. The monoisotopic (exact) mass is 338 g/mol. The van der Waals surface area contributed by atoms with Crippen LogP contribution in [0.25, 0.3) is 6.08 Å². The first-order valence-corrected chi connectivity index (χ1v) is 7.98. The topological polar surface area (TPSA) is 77.8 Å². The lowest BCUT2D eigenvalue weighted by Gasteiger charge is -2.10. The number of benzene rings is 2. The van der Waals surface area contributed by atoms with Crippen LogP contribution in [0.4, 0.5) is 0 Å². The molecule has 4 nitrogen and oxygen atoms in total. The molecule has 0 aromatic heterocycles. The third-order valence-corrected chi connectivity index (χ3v) is 3.93. The number of ketones is 1. The van der Waals surface area contributed by atoms with Crippen LogP contribution in [0.5, 0.6) is 17.2 Å². The van der Waals surface area contributed by atoms with Crippen molar-refractivity contribution < 1.29 is 20.1 Å². The molecule has 0 unspecified atom stereocenters. The van der Waals surface area contributed by atoms with Gasteiger partial charge in [0.1, 0.15) is 17.2 Å². The molecule has 2 rings (SSSR count). The van der Waals surface area contributed by atoms with Gasteiger partial charge < -0.3 is 15.3 Å². The number of phenolic OH excluding ortho intramolecular Hbond substituents is 3. The van der Waals surface area contributed by atoms with E-state index in [2.05, 4.69) is 0 Å². The van der Waals surface area contributed by atoms with E-state index in [1.165, 1.54) is 30.4 Å². The van der Waals surface area contributed by atoms with E-state index in [0.717, 1.165) is 16.7 Å². The van der Waals surface area contributed by atoms with E-state index in [0.29, 0.717) is 12.0 Å². The van der Waals surface area contributed by atoms with Crippen molar-refractivity contribution in [1.82, 2.24) is 0 Å². The smallest absolute Gasteiger partial charge is 0.189 e. The number of aromatic hydroxyl groups is 3. The van der Waals surface area contributed by atoms with Crippen LogP contribution in [0.1, 0.15) is 40.9 Å². The van der Waals surface area contributed by atoms with Gasteiger partial charge in [0.05, 0.1) is 5.56 Å². The Kier molecular flexibility index (Phi) is 5.65. The number of phenols is 3. The predicted molar refractivity (Wildman–Crippen MR) is 99.1 cm³/mol. The van der Waals surface area contributed by atoms with Crippen LogP contribution < -0.4 is 0 Å². The summed E-state index contributed by atoms with van der Waals surface area (Å²) in [5, 5.41) is 29.5. The molecule has 2 aromatic carbocycles. The van der Waals surface area contributed by atoms with Crippen molar-refractivity contribution in [3.05, 3.63) is 70.3 Å². The van der Waals surface area contributed by atoms with Gasteiger partial charge in [0.2, 0.25) is 0 Å². The maximum atomic E-state index is 12.4. The highest BCUT2D eigenvalue weighted by Gasteiger charge is 2.14. The number of carbonyl (C=O) groups excluding carboxylic acids is 1. The molecule has 2 aromatic rings. The number of aryl methyl sites for hydroxylation is 1. The Hall–Kier alpha value is -3.01. The van der Waals surface area contributed by atoms with Crippen molar-refractivity contribution in [3.8, 4) is 17.2 Å². The van der Waals surface area contributed by atoms with Gasteiger partial charge in [-0.05, 0) is 63.1 Å². The third-order valence-electron chi connectivity index (χ3n) is 3.93. The van der Waals surface area contributed by atoms with Crippen LogP contribution in [0.2, 0.25) is 0 Å². The molecule has 130 valence electrons. The average molecular weight is 338 g/mol. The molecule has 0 aliphatic heterocycles. The fourth-order valence-electron chi connectivity index (χ4n) is 2.43. The van der Waals surface area contributed by atoms with Gasteiger partial charge in [0, 0.05) is 17.2 Å². The van der Waals surface area contributed by atoms with Gasteiger partial charge in [-0.25, -0.2) is 0 Å². The van der Waals surface area contributed by atoms with Crippen LogP contribution in [-0.2, 0) is 6.42 Å². The van der Waals surface area contributed by atoms with E-state index in [1.807, 2.05) is 32.9 Å². The van der Waals surface area contributed by atoms with E-state index in [1.54, 1.807) is 6.07 Å². The van der Waals surface area contributed by atoms with Gasteiger partial charge in [-0.1, -0.05) is 17.7 Å². The summed E-state index contributed by atoms with van der Waals surface area (Å²) in [6, 6.07) is 7.53. The van der Waals surface area contributed by atoms with Crippen molar-refractivity contribution >= 4 is 11.9 Å². The number of hydrogen-bond donors (Lipinski definition) is 3. The fourth-order valence-corrected chi connectivity index (χ4v) is 2.43. The molecule has 3 N–H and O–H groups in total. The Bertz CT molecular complexity index is 856. The second-order valence-corrected chi connectivity index (χ2v) is 6.18. The third kappa shape index (κ3) is 4.51. The zero-order valence-corrected chi connectivity index (χ0v) is 14.6. The van der Waals surface area contributed by atoms with E-state index in [9.17, 15) is 20.1 Å². The highest BCUT2D eigenvalue weighted by molar-refractivity contribution is 6.09. The van der Waals surface area contributed by atoms with Crippen LogP contribution in [-0.4, -0.2) is 21.1 Å². The Morgan fingerprint density at radius 3 is 2.44 bits per heavy atom. The molecule has 0 bridgehead atoms. The van der Waals surface area contributed by atoms with Gasteiger partial charge in [0.15, 0.2) is 5.78 Å². The van der Waals surface area contributed by atoms with Crippen LogP contribution in [0.3, 0.4) is 0 Å². The summed E-state index contributed by atoms with van der Waals surface area (Å²) in [4.78, 5) is 12.4. The summed E-state index contributed by atoms with van der Waals surface area (Å²) in [6.07, 6.45) is 5.30. The van der Waals surface area contributed by atoms with Crippen molar-refractivity contribution in [2.24, 2.45) is 0 Å². The molecule has 0 fully saturated rings. The minimum absolute atomic E-state index is 0.0120. The zero-order chi connectivity index (χ0) is 18.6. The zero-order valence-electron chi connectivity index (χ0n) is 14.6. The number of rotatable bonds is 5. The standard InChI is InChI=1S/C21H22O4/c1-13(2)4-9-17-14(3)5-10-18(21(17)25)19(23)11-7-15-6-8-16(22)12-20(15)24/h4-8,10-12,22,24-25H,9H2,1-3H3/b11-7+. The van der Waals surface area contributed by atoms with E-state index >= 15 is 0 Å². The molecule has 0 aliphatic carbocycles. The van der Waals surface area contributed by atoms with Crippen molar-refractivity contribution in [2.75, 3.05) is 0 Å². The summed E-state index contributed by atoms with van der Waals surface area (Å²) in [5.74, 6) is -0.548. The molecule has 0 saturated heterocycles. The van der Waals surface area contributed by atoms with Crippen LogP contribution in [0, 0.1) is 6.92 Å². The molecule has 0 heterocycles. The minimum atomic E-state index is -0.358. The van der Waals surface area contributed by atoms with Gasteiger partial charge in [-0.15, -0.1) is 0 Å². The average Bonchev–Trinajstić information content (AvgIpc) is 2.53. The van der Waals surface area contributed by atoms with E-state index < -0.39 is 0 Å². The Morgan fingerprint density at radius 2 is 1.80 bits per heavy atom. The van der Waals surface area contributed by atoms with Gasteiger partial charge in [-0.2, -0.15) is 0 Å². The molecule has 4 heteroatoms. The first kappa shape index (κ1) is 18.3. The largest absolute Gasteiger partial charge is 0.508 e. The molecule has 0 saturated carbocycles. The summed E-state index contributed by atoms with van der Waals surface area (Å²) in [5.41, 5.74) is 3.41. The summed E-state index contributed by atoms with van der Waals surface area (Å²) < 4.78 is 0. The SMILES string of the molecule is CC(C)=CCc1c(C)ccc(C(=O)/C=C/c2ccc(O)cc2O)c1O. The summed E-state index contributed by atoms with van der Waals surface area (Å²) in [6.45, 7) is 5.86. The second kappa shape index (κ2) is 7.71. The first-order chi connectivity index (χ1) is 11.8. The molecule has 0 aliphatic rings. The van der Waals surface area contributed by atoms with Crippen LogP contribution >= 0.6 is 0 Å². The van der Waals surface area contributed by atoms with E-state index in [-0.39, 0.29) is 28.6 Å². The molecule has 0 radical (unpaired) electrons. The van der Waals surface area contributed by atoms with Crippen molar-refractivity contribution in [3.63, 3.8) is 0 Å². The van der Waals surface area contributed by atoms with Gasteiger partial charge >= 0.3 is 0 Å². The van der Waals surface area contributed by atoms with Crippen molar-refractivity contribution in [2.45, 2.75) is 27.2 Å². The molecule has 0 amide bonds. The lowest BCUT2D eigenvalue weighted by molar-refractivity contribution is 0.104. The molecular weight excluding hydrogens is 316 g/mol. The molecule has 25 heavy (non-hydrogen) atoms. The second-order valence-electron chi connectivity index (χ2n) is 6.18. The number of hydrogen-bond acceptors (Lipinski definition) is 4. The molecule has 0 atom stereocenters. The number of carbonyl (C=O) groups is 1. The van der Waals surface area contributed by atoms with Gasteiger partial charge in [0.25, 0.3) is 0 Å². The van der Waals surface area contributed by atoms with E-state index in [4.69, 9.17) is 0 Å². The highest BCUT2D eigenvalue weighted by atomic mass is 16.3. The lowest BCUT2D eigenvalue weighted by atomic mass is 9.97. The maximum absolute atomic E-state index is 12.4. The minimum Gasteiger partial charge on any atom is -0.508 e. The Balaban J connectivity index is 2.31. The van der Waals surface area contributed by atoms with Crippen LogP contribution in [0.15, 0.2) is 48.1 Å². The predicted octanol–water partition coefficient (Wildman–Crippen LogP) is 4.52. The maximum Gasteiger partial charge on any atom is 0.189 e. The van der Waals surface area contributed by atoms with Crippen molar-refractivity contribution in [1.29, 1.82) is 0 Å². The Morgan fingerprint density at radius 1 is 1.08 bits per heavy atom. The molecule has 0 spiro atoms. The number of allylic oxidation sites excluding steroid dienone is 3. The Labute approximate surface area is 147 Å². The summed E-state index contributed by atoms with van der Waals surface area (Å²) in [7, 11) is 0. The normalized spacial score (nSPS) is 10.8. The first-order valence-electron chi connectivity index (χ1n) is 7.98.